The van der Waals surface area contributed by atoms with Crippen LogP contribution in [0.5, 0.6) is 0 Å². The number of amides is 2. The summed E-state index contributed by atoms with van der Waals surface area (Å²) in [6.45, 7) is 1.98. The summed E-state index contributed by atoms with van der Waals surface area (Å²) in [6, 6.07) is 0. The van der Waals surface area contributed by atoms with Crippen molar-refractivity contribution in [3.05, 3.63) is 0 Å². The van der Waals surface area contributed by atoms with Crippen molar-refractivity contribution in [1.82, 2.24) is 10.2 Å². The van der Waals surface area contributed by atoms with E-state index in [1.165, 1.54) is 0 Å². The molecule has 0 bridgehead atoms. The Morgan fingerprint density at radius 3 is 2.74 bits per heavy atom. The number of carbonyl (C=O) groups is 2. The second kappa shape index (κ2) is 5.12. The first-order chi connectivity index (χ1) is 9.20. The summed E-state index contributed by atoms with van der Waals surface area (Å²) in [7, 11) is 0. The van der Waals surface area contributed by atoms with Crippen LogP contribution in [0.1, 0.15) is 44.9 Å². The molecule has 1 saturated carbocycles. The normalized spacial score (nSPS) is 30.7. The Bertz CT molecular complexity index is 371. The van der Waals surface area contributed by atoms with Gasteiger partial charge in [-0.25, -0.2) is 0 Å². The zero-order valence-corrected chi connectivity index (χ0v) is 11.3. The van der Waals surface area contributed by atoms with Gasteiger partial charge in [0.2, 0.25) is 11.8 Å². The lowest BCUT2D eigenvalue weighted by molar-refractivity contribution is -0.139. The van der Waals surface area contributed by atoms with Gasteiger partial charge in [-0.2, -0.15) is 0 Å². The Balaban J connectivity index is 1.75. The van der Waals surface area contributed by atoms with Gasteiger partial charge in [0.15, 0.2) is 0 Å². The minimum absolute atomic E-state index is 0.0186. The fraction of sp³-hybridized carbons (Fsp3) is 0.857. The fourth-order valence-electron chi connectivity index (χ4n) is 3.55. The van der Waals surface area contributed by atoms with Crippen molar-refractivity contribution in [3.63, 3.8) is 0 Å². The summed E-state index contributed by atoms with van der Waals surface area (Å²) < 4.78 is 5.62. The Morgan fingerprint density at radius 2 is 2.05 bits per heavy atom. The molecule has 1 atom stereocenters. The number of hydrogen-bond acceptors (Lipinski definition) is 3. The molecule has 1 unspecified atom stereocenters. The Labute approximate surface area is 113 Å². The smallest absolute Gasteiger partial charge is 0.248 e. The van der Waals surface area contributed by atoms with Gasteiger partial charge >= 0.3 is 0 Å². The summed E-state index contributed by atoms with van der Waals surface area (Å²) >= 11 is 0. The fourth-order valence-corrected chi connectivity index (χ4v) is 3.55. The van der Waals surface area contributed by atoms with E-state index in [9.17, 15) is 9.59 Å². The van der Waals surface area contributed by atoms with E-state index < -0.39 is 5.54 Å². The van der Waals surface area contributed by atoms with Crippen molar-refractivity contribution < 1.29 is 14.3 Å². The molecule has 0 radical (unpaired) electrons. The van der Waals surface area contributed by atoms with Gasteiger partial charge in [-0.05, 0) is 25.7 Å². The highest BCUT2D eigenvalue weighted by Crippen LogP contribution is 2.33. The molecule has 2 saturated heterocycles. The van der Waals surface area contributed by atoms with Gasteiger partial charge in [0, 0.05) is 26.1 Å². The molecule has 5 nitrogen and oxygen atoms in total. The van der Waals surface area contributed by atoms with Gasteiger partial charge in [-0.15, -0.1) is 0 Å². The standard InChI is InChI=1S/C14H22N2O3/c17-12-5-8-16(10-11-4-3-9-19-11)13(18)14(15-12)6-1-2-7-14/h11H,1-10H2,(H,15,17). The lowest BCUT2D eigenvalue weighted by Crippen LogP contribution is -2.56. The van der Waals surface area contributed by atoms with E-state index in [2.05, 4.69) is 5.32 Å². The van der Waals surface area contributed by atoms with Crippen LogP contribution in [0.4, 0.5) is 0 Å². The molecule has 19 heavy (non-hydrogen) atoms. The van der Waals surface area contributed by atoms with E-state index >= 15 is 0 Å². The first-order valence-electron chi connectivity index (χ1n) is 7.42. The topological polar surface area (TPSA) is 58.6 Å². The highest BCUT2D eigenvalue weighted by Gasteiger charge is 2.46. The van der Waals surface area contributed by atoms with E-state index in [-0.39, 0.29) is 17.9 Å². The van der Waals surface area contributed by atoms with Crippen molar-refractivity contribution in [2.24, 2.45) is 0 Å². The van der Waals surface area contributed by atoms with E-state index in [1.54, 1.807) is 0 Å². The molecule has 3 rings (SSSR count). The lowest BCUT2D eigenvalue weighted by atomic mass is 9.95. The number of carbonyl (C=O) groups excluding carboxylic acids is 2. The number of ether oxygens (including phenoxy) is 1. The second-order valence-electron chi connectivity index (χ2n) is 5.97. The van der Waals surface area contributed by atoms with E-state index in [0.717, 1.165) is 45.1 Å². The quantitative estimate of drug-likeness (QED) is 0.805. The first kappa shape index (κ1) is 12.9. The van der Waals surface area contributed by atoms with Gasteiger partial charge in [-0.1, -0.05) is 12.8 Å². The van der Waals surface area contributed by atoms with Crippen molar-refractivity contribution in [2.45, 2.75) is 56.6 Å². The minimum atomic E-state index is -0.605. The average Bonchev–Trinajstić information content (AvgIpc) is 3.03. The zero-order valence-electron chi connectivity index (χ0n) is 11.3. The molecule has 0 aromatic heterocycles. The number of nitrogens with one attached hydrogen (secondary N) is 1. The third-order valence-electron chi connectivity index (χ3n) is 4.59. The lowest BCUT2D eigenvalue weighted by Gasteiger charge is -2.32. The van der Waals surface area contributed by atoms with Crippen LogP contribution in [0.3, 0.4) is 0 Å². The second-order valence-corrected chi connectivity index (χ2v) is 5.97. The van der Waals surface area contributed by atoms with E-state index in [1.807, 2.05) is 4.90 Å². The summed E-state index contributed by atoms with van der Waals surface area (Å²) in [6.07, 6.45) is 6.32. The third-order valence-corrected chi connectivity index (χ3v) is 4.59. The molecule has 0 aromatic carbocycles. The van der Waals surface area contributed by atoms with E-state index in [0.29, 0.717) is 19.5 Å². The molecule has 1 spiro atoms. The van der Waals surface area contributed by atoms with Crippen LogP contribution >= 0.6 is 0 Å². The molecular weight excluding hydrogens is 244 g/mol. The highest BCUT2D eigenvalue weighted by molar-refractivity contribution is 5.93. The number of rotatable bonds is 2. The van der Waals surface area contributed by atoms with Gasteiger partial charge < -0.3 is 15.0 Å². The maximum absolute atomic E-state index is 12.8. The molecule has 3 aliphatic rings. The van der Waals surface area contributed by atoms with E-state index in [4.69, 9.17) is 4.74 Å². The minimum Gasteiger partial charge on any atom is -0.376 e. The van der Waals surface area contributed by atoms with Gasteiger partial charge in [-0.3, -0.25) is 9.59 Å². The predicted octanol–water partition coefficient (Wildman–Crippen LogP) is 0.827. The Hall–Kier alpha value is -1.10. The van der Waals surface area contributed by atoms with Crippen LogP contribution in [0.2, 0.25) is 0 Å². The van der Waals surface area contributed by atoms with Crippen LogP contribution in [-0.2, 0) is 14.3 Å². The molecule has 1 N–H and O–H groups in total. The maximum atomic E-state index is 12.8. The van der Waals surface area contributed by atoms with Gasteiger partial charge in [0.05, 0.1) is 6.10 Å². The van der Waals surface area contributed by atoms with Crippen molar-refractivity contribution >= 4 is 11.8 Å². The summed E-state index contributed by atoms with van der Waals surface area (Å²) in [4.78, 5) is 26.5. The van der Waals surface area contributed by atoms with Crippen molar-refractivity contribution in [2.75, 3.05) is 19.7 Å². The maximum Gasteiger partial charge on any atom is 0.248 e. The SMILES string of the molecule is O=C1CCN(CC2CCCO2)C(=O)C2(CCCC2)N1. The number of hydrogen-bond donors (Lipinski definition) is 1. The molecule has 2 aliphatic heterocycles. The molecule has 0 aromatic rings. The molecule has 2 heterocycles. The molecule has 5 heteroatoms. The Kier molecular flexibility index (Phi) is 3.48. The molecule has 1 aliphatic carbocycles. The zero-order chi connectivity index (χ0) is 13.3. The molecule has 2 amide bonds. The van der Waals surface area contributed by atoms with Crippen molar-refractivity contribution in [1.29, 1.82) is 0 Å². The average molecular weight is 266 g/mol. The van der Waals surface area contributed by atoms with Crippen LogP contribution in [0.25, 0.3) is 0 Å². The monoisotopic (exact) mass is 266 g/mol. The molecular formula is C14H22N2O3. The molecule has 3 fully saturated rings. The Morgan fingerprint density at radius 1 is 1.26 bits per heavy atom. The van der Waals surface area contributed by atoms with Crippen LogP contribution < -0.4 is 5.32 Å². The summed E-state index contributed by atoms with van der Waals surface area (Å²) in [5, 5.41) is 2.99. The van der Waals surface area contributed by atoms with Crippen LogP contribution in [0, 0.1) is 0 Å². The summed E-state index contributed by atoms with van der Waals surface area (Å²) in [5.74, 6) is 0.136. The largest absolute Gasteiger partial charge is 0.376 e. The summed E-state index contributed by atoms with van der Waals surface area (Å²) in [5.41, 5.74) is -0.605. The third kappa shape index (κ3) is 2.48. The van der Waals surface area contributed by atoms with Crippen molar-refractivity contribution in [3.8, 4) is 0 Å². The first-order valence-corrected chi connectivity index (χ1v) is 7.42. The van der Waals surface area contributed by atoms with Crippen LogP contribution in [-0.4, -0.2) is 48.1 Å². The number of nitrogens with zero attached hydrogens (tertiary/aromatic N) is 1. The van der Waals surface area contributed by atoms with Gasteiger partial charge in [0.1, 0.15) is 5.54 Å². The molecule has 106 valence electrons. The highest BCUT2D eigenvalue weighted by atomic mass is 16.5. The predicted molar refractivity (Wildman–Crippen MR) is 69.5 cm³/mol. The van der Waals surface area contributed by atoms with Gasteiger partial charge in [0.25, 0.3) is 0 Å². The van der Waals surface area contributed by atoms with Crippen LogP contribution in [0.15, 0.2) is 0 Å².